The van der Waals surface area contributed by atoms with Crippen LogP contribution in [0.15, 0.2) is 67.0 Å². The summed E-state index contributed by atoms with van der Waals surface area (Å²) in [5.74, 6) is -0.307. The summed E-state index contributed by atoms with van der Waals surface area (Å²) >= 11 is 0. The van der Waals surface area contributed by atoms with Gasteiger partial charge in [-0.15, -0.1) is 0 Å². The Hall–Kier alpha value is -4.34. The van der Waals surface area contributed by atoms with E-state index in [4.69, 9.17) is 10.7 Å². The van der Waals surface area contributed by atoms with Gasteiger partial charge in [0.05, 0.1) is 23.1 Å². The molecule has 4 aromatic heterocycles. The first-order chi connectivity index (χ1) is 17.5. The van der Waals surface area contributed by atoms with Gasteiger partial charge in [-0.25, -0.2) is 9.37 Å². The van der Waals surface area contributed by atoms with Crippen molar-refractivity contribution in [1.29, 1.82) is 0 Å². The van der Waals surface area contributed by atoms with Crippen LogP contribution >= 0.6 is 0 Å². The number of likely N-dealkylation sites (N-methyl/N-ethyl adjacent to an activating group) is 1. The highest BCUT2D eigenvalue weighted by molar-refractivity contribution is 6.00. The zero-order valence-electron chi connectivity index (χ0n) is 19.9. The van der Waals surface area contributed by atoms with Crippen molar-refractivity contribution in [3.8, 4) is 33.8 Å². The number of halogens is 1. The van der Waals surface area contributed by atoms with Crippen molar-refractivity contribution in [3.05, 3.63) is 78.4 Å². The maximum Gasteiger partial charge on any atom is 0.135 e. The second kappa shape index (κ2) is 8.71. The Labute approximate surface area is 206 Å². The van der Waals surface area contributed by atoms with Crippen LogP contribution in [0.2, 0.25) is 0 Å². The third-order valence-corrected chi connectivity index (χ3v) is 6.34. The van der Waals surface area contributed by atoms with E-state index in [1.165, 1.54) is 6.07 Å². The standard InChI is InChI=1S/C27H25FN8/c1-36(2)14-21(29)16-8-15(9-18(28)10-16)19-4-3-5-23-20(19)11-25(32-23)27-26-24(34-35-27)7-6-22(33-26)17-12-30-31-13-17/h3-13,21,32H,14,29H2,1-2H3,(H,30,31)(H,34,35). The van der Waals surface area contributed by atoms with E-state index in [9.17, 15) is 4.39 Å². The third-order valence-electron chi connectivity index (χ3n) is 6.34. The number of H-pyrrole nitrogens is 3. The maximum absolute atomic E-state index is 14.7. The fourth-order valence-corrected chi connectivity index (χ4v) is 4.65. The molecule has 0 saturated heterocycles. The van der Waals surface area contributed by atoms with Gasteiger partial charge < -0.3 is 15.6 Å². The van der Waals surface area contributed by atoms with Crippen LogP contribution in [0.3, 0.4) is 0 Å². The van der Waals surface area contributed by atoms with E-state index >= 15 is 0 Å². The molecule has 9 heteroatoms. The normalized spacial score (nSPS) is 12.7. The molecule has 180 valence electrons. The van der Waals surface area contributed by atoms with Crippen LogP contribution in [0.4, 0.5) is 4.39 Å². The minimum atomic E-state index is -0.307. The number of nitrogens with one attached hydrogen (secondary N) is 3. The monoisotopic (exact) mass is 480 g/mol. The van der Waals surface area contributed by atoms with Crippen LogP contribution < -0.4 is 5.73 Å². The Morgan fingerprint density at radius 3 is 2.72 bits per heavy atom. The molecule has 2 aromatic carbocycles. The number of aromatic nitrogens is 6. The van der Waals surface area contributed by atoms with Gasteiger partial charge in [-0.05, 0) is 73.3 Å². The van der Waals surface area contributed by atoms with Gasteiger partial charge in [-0.2, -0.15) is 10.2 Å². The lowest BCUT2D eigenvalue weighted by Crippen LogP contribution is -2.26. The SMILES string of the molecule is CN(C)CC(N)c1cc(F)cc(-c2cccc3[nH]c(-c4n[nH]c5ccc(-c6cn[nH]c6)nc45)cc23)c1. The van der Waals surface area contributed by atoms with Crippen LogP contribution in [0.25, 0.3) is 55.7 Å². The average molecular weight is 481 g/mol. The van der Waals surface area contributed by atoms with E-state index in [1.807, 2.05) is 61.5 Å². The van der Waals surface area contributed by atoms with Crippen molar-refractivity contribution in [3.63, 3.8) is 0 Å². The van der Waals surface area contributed by atoms with Crippen molar-refractivity contribution in [1.82, 2.24) is 35.3 Å². The molecule has 0 radical (unpaired) electrons. The lowest BCUT2D eigenvalue weighted by Gasteiger charge is -2.18. The number of aromatic amines is 3. The molecule has 36 heavy (non-hydrogen) atoms. The summed E-state index contributed by atoms with van der Waals surface area (Å²) in [6.07, 6.45) is 3.54. The topological polar surface area (TPSA) is 115 Å². The Bertz CT molecular complexity index is 1680. The van der Waals surface area contributed by atoms with Crippen molar-refractivity contribution >= 4 is 21.9 Å². The molecule has 0 fully saturated rings. The molecular weight excluding hydrogens is 455 g/mol. The van der Waals surface area contributed by atoms with E-state index < -0.39 is 0 Å². The predicted molar refractivity (Wildman–Crippen MR) is 140 cm³/mol. The molecule has 0 aliphatic heterocycles. The molecule has 1 unspecified atom stereocenters. The highest BCUT2D eigenvalue weighted by Gasteiger charge is 2.17. The van der Waals surface area contributed by atoms with Gasteiger partial charge in [0.25, 0.3) is 0 Å². The molecular formula is C27H25FN8. The van der Waals surface area contributed by atoms with Gasteiger partial charge in [0.2, 0.25) is 0 Å². The molecule has 0 amide bonds. The molecule has 0 saturated carbocycles. The first-order valence-electron chi connectivity index (χ1n) is 11.6. The third kappa shape index (κ3) is 3.94. The zero-order chi connectivity index (χ0) is 24.8. The molecule has 0 spiro atoms. The summed E-state index contributed by atoms with van der Waals surface area (Å²) in [6.45, 7) is 0.626. The summed E-state index contributed by atoms with van der Waals surface area (Å²) in [5, 5.41) is 15.4. The first-order valence-corrected chi connectivity index (χ1v) is 11.6. The number of nitrogens with two attached hydrogens (primary N) is 1. The second-order valence-corrected chi connectivity index (χ2v) is 9.24. The smallest absolute Gasteiger partial charge is 0.135 e. The van der Waals surface area contributed by atoms with Crippen LogP contribution in [0, 0.1) is 5.82 Å². The lowest BCUT2D eigenvalue weighted by molar-refractivity contribution is 0.376. The predicted octanol–water partition coefficient (Wildman–Crippen LogP) is 4.86. The summed E-state index contributed by atoms with van der Waals surface area (Å²) in [6, 6.07) is 16.6. The number of pyridine rings is 1. The van der Waals surface area contributed by atoms with Crippen LogP contribution in [-0.2, 0) is 0 Å². The molecule has 8 nitrogen and oxygen atoms in total. The van der Waals surface area contributed by atoms with Gasteiger partial charge in [-0.3, -0.25) is 10.2 Å². The Morgan fingerprint density at radius 2 is 1.92 bits per heavy atom. The Kier molecular flexibility index (Phi) is 5.36. The summed E-state index contributed by atoms with van der Waals surface area (Å²) < 4.78 is 14.7. The number of rotatable bonds is 6. The molecule has 0 aliphatic rings. The Balaban J connectivity index is 1.45. The van der Waals surface area contributed by atoms with Gasteiger partial charge in [0.1, 0.15) is 17.0 Å². The van der Waals surface area contributed by atoms with E-state index in [1.54, 1.807) is 18.5 Å². The molecule has 1 atom stereocenters. The maximum atomic E-state index is 14.7. The lowest BCUT2D eigenvalue weighted by atomic mass is 9.97. The van der Waals surface area contributed by atoms with Gasteiger partial charge in [-0.1, -0.05) is 12.1 Å². The molecule has 0 aliphatic carbocycles. The number of benzene rings is 2. The summed E-state index contributed by atoms with van der Waals surface area (Å²) in [4.78, 5) is 10.3. The first kappa shape index (κ1) is 22.1. The van der Waals surface area contributed by atoms with E-state index in [-0.39, 0.29) is 11.9 Å². The average Bonchev–Trinajstić information content (AvgIpc) is 3.61. The minimum Gasteiger partial charge on any atom is -0.353 e. The van der Waals surface area contributed by atoms with Crippen LogP contribution in [0.5, 0.6) is 0 Å². The molecule has 0 bridgehead atoms. The highest BCUT2D eigenvalue weighted by atomic mass is 19.1. The van der Waals surface area contributed by atoms with Gasteiger partial charge >= 0.3 is 0 Å². The minimum absolute atomic E-state index is 0.290. The van der Waals surface area contributed by atoms with Crippen LogP contribution in [-0.4, -0.2) is 55.9 Å². The van der Waals surface area contributed by atoms with Crippen molar-refractivity contribution in [2.75, 3.05) is 20.6 Å². The largest absolute Gasteiger partial charge is 0.353 e. The number of fused-ring (bicyclic) bond motifs is 2. The molecule has 6 rings (SSSR count). The fraction of sp³-hybridized carbons (Fsp3) is 0.148. The van der Waals surface area contributed by atoms with Gasteiger partial charge in [0.15, 0.2) is 0 Å². The van der Waals surface area contributed by atoms with Crippen molar-refractivity contribution in [2.45, 2.75) is 6.04 Å². The number of nitrogens with zero attached hydrogens (tertiary/aromatic N) is 4. The molecule has 5 N–H and O–H groups in total. The van der Waals surface area contributed by atoms with Gasteiger partial charge in [0, 0.05) is 35.2 Å². The van der Waals surface area contributed by atoms with E-state index in [2.05, 4.69) is 25.4 Å². The van der Waals surface area contributed by atoms with Crippen molar-refractivity contribution < 1.29 is 4.39 Å². The second-order valence-electron chi connectivity index (χ2n) is 9.24. The highest BCUT2D eigenvalue weighted by Crippen LogP contribution is 2.35. The number of hydrogen-bond acceptors (Lipinski definition) is 5. The summed E-state index contributed by atoms with van der Waals surface area (Å²) in [5.41, 5.74) is 14.6. The molecule has 6 aromatic rings. The van der Waals surface area contributed by atoms with Crippen LogP contribution in [0.1, 0.15) is 11.6 Å². The fourth-order valence-electron chi connectivity index (χ4n) is 4.65. The zero-order valence-corrected chi connectivity index (χ0v) is 19.9. The number of hydrogen-bond donors (Lipinski definition) is 4. The van der Waals surface area contributed by atoms with Crippen molar-refractivity contribution in [2.24, 2.45) is 5.73 Å². The quantitative estimate of drug-likeness (QED) is 0.272. The molecule has 4 heterocycles. The van der Waals surface area contributed by atoms with E-state index in [0.717, 1.165) is 55.6 Å². The Morgan fingerprint density at radius 1 is 1.03 bits per heavy atom. The van der Waals surface area contributed by atoms with E-state index in [0.29, 0.717) is 12.2 Å². The summed E-state index contributed by atoms with van der Waals surface area (Å²) in [7, 11) is 3.90.